The normalized spacial score (nSPS) is 26.9. The van der Waals surface area contributed by atoms with Crippen molar-refractivity contribution in [2.24, 2.45) is 0 Å². The van der Waals surface area contributed by atoms with Gasteiger partial charge in [-0.2, -0.15) is 0 Å². The summed E-state index contributed by atoms with van der Waals surface area (Å²) in [5.74, 6) is 0. The average Bonchev–Trinajstić information content (AvgIpc) is 2.07. The van der Waals surface area contributed by atoms with Gasteiger partial charge in [0.1, 0.15) is 0 Å². The van der Waals surface area contributed by atoms with Crippen LogP contribution in [-0.2, 0) is 10.3 Å². The van der Waals surface area contributed by atoms with Gasteiger partial charge in [-0.05, 0) is 24.1 Å². The van der Waals surface area contributed by atoms with E-state index in [1.807, 2.05) is 12.1 Å². The first-order valence-electron chi connectivity index (χ1n) is 4.67. The number of rotatable bonds is 2. The highest BCUT2D eigenvalue weighted by molar-refractivity contribution is 6.30. The quantitative estimate of drug-likeness (QED) is 0.705. The molecule has 0 radical (unpaired) electrons. The Labute approximate surface area is 83.7 Å². The van der Waals surface area contributed by atoms with Crippen molar-refractivity contribution >= 4 is 11.6 Å². The molecule has 0 N–H and O–H groups in total. The van der Waals surface area contributed by atoms with Crippen molar-refractivity contribution in [3.05, 3.63) is 34.9 Å². The first kappa shape index (κ1) is 9.04. The lowest BCUT2D eigenvalue weighted by molar-refractivity contribution is -0.156. The van der Waals surface area contributed by atoms with Crippen LogP contribution < -0.4 is 0 Å². The molecule has 1 saturated heterocycles. The summed E-state index contributed by atoms with van der Waals surface area (Å²) in [5.41, 5.74) is 1.25. The third-order valence-electron chi connectivity index (χ3n) is 2.83. The lowest BCUT2D eigenvalue weighted by Crippen LogP contribution is -2.40. The molecule has 1 heterocycles. The van der Waals surface area contributed by atoms with Gasteiger partial charge in [-0.1, -0.05) is 30.7 Å². The molecule has 1 fully saturated rings. The molecule has 1 aliphatic rings. The molecular weight excluding hydrogens is 184 g/mol. The Kier molecular flexibility index (Phi) is 2.31. The van der Waals surface area contributed by atoms with E-state index in [4.69, 9.17) is 16.3 Å². The zero-order valence-electron chi connectivity index (χ0n) is 7.72. The van der Waals surface area contributed by atoms with Crippen LogP contribution in [0.25, 0.3) is 0 Å². The van der Waals surface area contributed by atoms with Crippen molar-refractivity contribution in [3.63, 3.8) is 0 Å². The maximum absolute atomic E-state index is 5.83. The minimum Gasteiger partial charge on any atom is -0.370 e. The van der Waals surface area contributed by atoms with Gasteiger partial charge in [0.15, 0.2) is 0 Å². The molecule has 13 heavy (non-hydrogen) atoms. The number of benzene rings is 1. The van der Waals surface area contributed by atoms with Crippen molar-refractivity contribution in [3.8, 4) is 0 Å². The summed E-state index contributed by atoms with van der Waals surface area (Å²) in [6.07, 6.45) is 2.17. The van der Waals surface area contributed by atoms with E-state index in [-0.39, 0.29) is 5.60 Å². The Morgan fingerprint density at radius 1 is 1.38 bits per heavy atom. The van der Waals surface area contributed by atoms with Crippen LogP contribution in [0, 0.1) is 0 Å². The highest BCUT2D eigenvalue weighted by atomic mass is 35.5. The van der Waals surface area contributed by atoms with E-state index in [2.05, 4.69) is 19.1 Å². The molecule has 1 aliphatic heterocycles. The lowest BCUT2D eigenvalue weighted by Gasteiger charge is -2.41. The Balaban J connectivity index is 2.28. The van der Waals surface area contributed by atoms with E-state index in [1.54, 1.807) is 0 Å². The van der Waals surface area contributed by atoms with Crippen LogP contribution in [-0.4, -0.2) is 6.61 Å². The first-order chi connectivity index (χ1) is 6.27. The average molecular weight is 197 g/mol. The van der Waals surface area contributed by atoms with Gasteiger partial charge >= 0.3 is 0 Å². The molecule has 0 bridgehead atoms. The van der Waals surface area contributed by atoms with Crippen LogP contribution in [0.5, 0.6) is 0 Å². The second kappa shape index (κ2) is 3.32. The molecule has 1 unspecified atom stereocenters. The van der Waals surface area contributed by atoms with Crippen molar-refractivity contribution in [2.45, 2.75) is 25.4 Å². The van der Waals surface area contributed by atoms with Crippen LogP contribution >= 0.6 is 11.6 Å². The molecule has 0 amide bonds. The SMILES string of the molecule is CCC1(c2ccc(Cl)cc2)CCO1. The van der Waals surface area contributed by atoms with Gasteiger partial charge in [0.25, 0.3) is 0 Å². The first-order valence-corrected chi connectivity index (χ1v) is 5.05. The monoisotopic (exact) mass is 196 g/mol. The summed E-state index contributed by atoms with van der Waals surface area (Å²) in [5, 5.41) is 0.786. The topological polar surface area (TPSA) is 9.23 Å². The van der Waals surface area contributed by atoms with Gasteiger partial charge in [-0.25, -0.2) is 0 Å². The summed E-state index contributed by atoms with van der Waals surface area (Å²) in [7, 11) is 0. The maximum Gasteiger partial charge on any atom is 0.0950 e. The number of hydrogen-bond donors (Lipinski definition) is 0. The summed E-state index contributed by atoms with van der Waals surface area (Å²) in [4.78, 5) is 0. The summed E-state index contributed by atoms with van der Waals surface area (Å²) < 4.78 is 5.65. The fourth-order valence-corrected chi connectivity index (χ4v) is 1.94. The molecule has 0 aromatic heterocycles. The minimum atomic E-state index is -0.00934. The van der Waals surface area contributed by atoms with Crippen LogP contribution in [0.1, 0.15) is 25.3 Å². The zero-order chi connectivity index (χ0) is 9.31. The van der Waals surface area contributed by atoms with E-state index in [1.165, 1.54) is 5.56 Å². The summed E-state index contributed by atoms with van der Waals surface area (Å²) in [6.45, 7) is 3.05. The van der Waals surface area contributed by atoms with Crippen LogP contribution in [0.4, 0.5) is 0 Å². The number of ether oxygens (including phenoxy) is 1. The summed E-state index contributed by atoms with van der Waals surface area (Å²) >= 11 is 5.83. The molecule has 1 atom stereocenters. The fourth-order valence-electron chi connectivity index (χ4n) is 1.81. The van der Waals surface area contributed by atoms with Gasteiger partial charge in [-0.15, -0.1) is 0 Å². The second-order valence-corrected chi connectivity index (χ2v) is 3.89. The molecule has 2 rings (SSSR count). The third kappa shape index (κ3) is 1.47. The van der Waals surface area contributed by atoms with E-state index >= 15 is 0 Å². The van der Waals surface area contributed by atoms with E-state index in [0.717, 1.165) is 24.5 Å². The Morgan fingerprint density at radius 3 is 2.38 bits per heavy atom. The largest absolute Gasteiger partial charge is 0.370 e. The molecule has 70 valence electrons. The van der Waals surface area contributed by atoms with Gasteiger partial charge in [0.2, 0.25) is 0 Å². The van der Waals surface area contributed by atoms with E-state index in [9.17, 15) is 0 Å². The Morgan fingerprint density at radius 2 is 2.00 bits per heavy atom. The maximum atomic E-state index is 5.83. The summed E-state index contributed by atoms with van der Waals surface area (Å²) in [6, 6.07) is 7.97. The molecule has 2 heteroatoms. The second-order valence-electron chi connectivity index (χ2n) is 3.45. The molecule has 0 saturated carbocycles. The highest BCUT2D eigenvalue weighted by Crippen LogP contribution is 2.40. The molecule has 1 nitrogen and oxygen atoms in total. The Bertz CT molecular complexity index is 282. The smallest absolute Gasteiger partial charge is 0.0950 e. The molecule has 0 spiro atoms. The van der Waals surface area contributed by atoms with E-state index in [0.29, 0.717) is 0 Å². The predicted octanol–water partition coefficient (Wildman–Crippen LogP) is 3.37. The number of halogens is 1. The lowest BCUT2D eigenvalue weighted by atomic mass is 9.84. The van der Waals surface area contributed by atoms with E-state index < -0.39 is 0 Å². The highest BCUT2D eigenvalue weighted by Gasteiger charge is 2.38. The van der Waals surface area contributed by atoms with Crippen molar-refractivity contribution < 1.29 is 4.74 Å². The fraction of sp³-hybridized carbons (Fsp3) is 0.455. The van der Waals surface area contributed by atoms with Gasteiger partial charge in [-0.3, -0.25) is 0 Å². The molecular formula is C11H13ClO. The van der Waals surface area contributed by atoms with Crippen molar-refractivity contribution in [1.82, 2.24) is 0 Å². The predicted molar refractivity (Wildman–Crippen MR) is 54.0 cm³/mol. The van der Waals surface area contributed by atoms with Crippen molar-refractivity contribution in [2.75, 3.05) is 6.61 Å². The molecule has 0 aliphatic carbocycles. The van der Waals surface area contributed by atoms with Gasteiger partial charge in [0, 0.05) is 11.4 Å². The zero-order valence-corrected chi connectivity index (χ0v) is 8.47. The molecule has 1 aromatic carbocycles. The van der Waals surface area contributed by atoms with Gasteiger partial charge in [0.05, 0.1) is 12.2 Å². The third-order valence-corrected chi connectivity index (χ3v) is 3.08. The Hall–Kier alpha value is -0.530. The van der Waals surface area contributed by atoms with Gasteiger partial charge < -0.3 is 4.74 Å². The van der Waals surface area contributed by atoms with Crippen LogP contribution in [0.3, 0.4) is 0 Å². The van der Waals surface area contributed by atoms with Crippen LogP contribution in [0.2, 0.25) is 5.02 Å². The van der Waals surface area contributed by atoms with Crippen molar-refractivity contribution in [1.29, 1.82) is 0 Å². The number of hydrogen-bond acceptors (Lipinski definition) is 1. The minimum absolute atomic E-state index is 0.00934. The molecule has 1 aromatic rings. The van der Waals surface area contributed by atoms with Crippen LogP contribution in [0.15, 0.2) is 24.3 Å². The standard InChI is InChI=1S/C11H13ClO/c1-2-11(7-8-13-11)9-3-5-10(12)6-4-9/h3-6H,2,7-8H2,1H3.